The molecular weight excluding hydrogens is 272 g/mol. The van der Waals surface area contributed by atoms with Crippen LogP contribution in [-0.2, 0) is 16.3 Å². The van der Waals surface area contributed by atoms with Crippen LogP contribution in [0.3, 0.4) is 0 Å². The van der Waals surface area contributed by atoms with E-state index < -0.39 is 33.0 Å². The van der Waals surface area contributed by atoms with Crippen LogP contribution in [0.1, 0.15) is 31.4 Å². The van der Waals surface area contributed by atoms with Gasteiger partial charge in [0.25, 0.3) is 5.56 Å². The van der Waals surface area contributed by atoms with E-state index in [0.29, 0.717) is 12.8 Å². The summed E-state index contributed by atoms with van der Waals surface area (Å²) in [4.78, 5) is 25.4. The SMILES string of the molecule is CCc1c(O)n(C2CCCS(=O)(=O)C2)c(=O)[nH]c1=O. The Bertz CT molecular complexity index is 701. The van der Waals surface area contributed by atoms with Gasteiger partial charge in [-0.25, -0.2) is 13.2 Å². The second-order valence-corrected chi connectivity index (χ2v) is 6.92. The summed E-state index contributed by atoms with van der Waals surface area (Å²) in [5, 5.41) is 10.0. The molecule has 1 aliphatic rings. The number of hydrogen-bond acceptors (Lipinski definition) is 5. The summed E-state index contributed by atoms with van der Waals surface area (Å²) in [5.74, 6) is -0.503. The molecule has 0 amide bonds. The van der Waals surface area contributed by atoms with Crippen LogP contribution in [0.4, 0.5) is 0 Å². The first-order valence-corrected chi connectivity index (χ1v) is 7.95. The molecule has 2 N–H and O–H groups in total. The van der Waals surface area contributed by atoms with E-state index in [4.69, 9.17) is 0 Å². The van der Waals surface area contributed by atoms with E-state index in [0.717, 1.165) is 4.57 Å². The Morgan fingerprint density at radius 1 is 1.42 bits per heavy atom. The Morgan fingerprint density at radius 3 is 2.68 bits per heavy atom. The third-order valence-electron chi connectivity index (χ3n) is 3.37. The Hall–Kier alpha value is -1.57. The van der Waals surface area contributed by atoms with E-state index in [1.54, 1.807) is 6.92 Å². The van der Waals surface area contributed by atoms with Crippen LogP contribution >= 0.6 is 0 Å². The average molecular weight is 288 g/mol. The average Bonchev–Trinajstić information content (AvgIpc) is 2.27. The molecule has 19 heavy (non-hydrogen) atoms. The Labute approximate surface area is 109 Å². The van der Waals surface area contributed by atoms with Crippen molar-refractivity contribution in [2.75, 3.05) is 11.5 Å². The lowest BCUT2D eigenvalue weighted by molar-refractivity contribution is 0.351. The molecule has 1 aromatic heterocycles. The van der Waals surface area contributed by atoms with E-state index in [9.17, 15) is 23.1 Å². The number of nitrogens with zero attached hydrogens (tertiary/aromatic N) is 1. The van der Waals surface area contributed by atoms with Gasteiger partial charge in [0.15, 0.2) is 9.84 Å². The van der Waals surface area contributed by atoms with Gasteiger partial charge in [-0.3, -0.25) is 14.3 Å². The molecular formula is C11H16N2O5S. The number of rotatable bonds is 2. The van der Waals surface area contributed by atoms with E-state index in [1.165, 1.54) is 0 Å². The summed E-state index contributed by atoms with van der Waals surface area (Å²) >= 11 is 0. The van der Waals surface area contributed by atoms with Gasteiger partial charge in [0.1, 0.15) is 0 Å². The minimum absolute atomic E-state index is 0.0996. The number of aromatic hydroxyl groups is 1. The minimum atomic E-state index is -3.21. The molecule has 7 nitrogen and oxygen atoms in total. The fourth-order valence-corrected chi connectivity index (χ4v) is 4.11. The van der Waals surface area contributed by atoms with E-state index in [-0.39, 0.29) is 23.5 Å². The molecule has 0 radical (unpaired) electrons. The minimum Gasteiger partial charge on any atom is -0.494 e. The van der Waals surface area contributed by atoms with Crippen molar-refractivity contribution in [1.82, 2.24) is 9.55 Å². The van der Waals surface area contributed by atoms with Gasteiger partial charge >= 0.3 is 5.69 Å². The summed E-state index contributed by atoms with van der Waals surface area (Å²) in [6.07, 6.45) is 1.20. The number of nitrogens with one attached hydrogen (secondary N) is 1. The summed E-state index contributed by atoms with van der Waals surface area (Å²) in [7, 11) is -3.21. The molecule has 106 valence electrons. The van der Waals surface area contributed by atoms with Gasteiger partial charge < -0.3 is 5.11 Å². The Kier molecular flexibility index (Phi) is 3.53. The maximum absolute atomic E-state index is 11.8. The Balaban J connectivity index is 2.57. The molecule has 0 aromatic carbocycles. The van der Waals surface area contributed by atoms with Crippen LogP contribution in [0.15, 0.2) is 9.59 Å². The molecule has 1 atom stereocenters. The fraction of sp³-hybridized carbons (Fsp3) is 0.636. The molecule has 8 heteroatoms. The molecule has 1 aromatic rings. The van der Waals surface area contributed by atoms with Gasteiger partial charge in [-0.05, 0) is 19.3 Å². The quantitative estimate of drug-likeness (QED) is 0.766. The second-order valence-electron chi connectivity index (χ2n) is 4.70. The van der Waals surface area contributed by atoms with Crippen molar-refractivity contribution >= 4 is 9.84 Å². The van der Waals surface area contributed by atoms with Gasteiger partial charge in [0, 0.05) is 0 Å². The highest BCUT2D eigenvalue weighted by Crippen LogP contribution is 2.26. The Morgan fingerprint density at radius 2 is 2.11 bits per heavy atom. The number of sulfone groups is 1. The monoisotopic (exact) mass is 288 g/mol. The van der Waals surface area contributed by atoms with Crippen molar-refractivity contribution in [3.63, 3.8) is 0 Å². The zero-order chi connectivity index (χ0) is 14.2. The largest absolute Gasteiger partial charge is 0.494 e. The molecule has 2 heterocycles. The van der Waals surface area contributed by atoms with E-state index in [2.05, 4.69) is 4.98 Å². The molecule has 1 saturated heterocycles. The molecule has 0 saturated carbocycles. The molecule has 1 aliphatic heterocycles. The lowest BCUT2D eigenvalue weighted by Gasteiger charge is -2.25. The number of hydrogen-bond donors (Lipinski definition) is 2. The topological polar surface area (TPSA) is 109 Å². The first-order chi connectivity index (χ1) is 8.85. The van der Waals surface area contributed by atoms with Crippen LogP contribution in [0.5, 0.6) is 5.88 Å². The van der Waals surface area contributed by atoms with Crippen LogP contribution in [0.2, 0.25) is 0 Å². The van der Waals surface area contributed by atoms with Gasteiger partial charge in [-0.15, -0.1) is 0 Å². The maximum atomic E-state index is 11.8. The first-order valence-electron chi connectivity index (χ1n) is 6.13. The number of aromatic amines is 1. The summed E-state index contributed by atoms with van der Waals surface area (Å²) in [6, 6.07) is -0.617. The van der Waals surface area contributed by atoms with Crippen molar-refractivity contribution in [2.45, 2.75) is 32.2 Å². The molecule has 1 unspecified atom stereocenters. The summed E-state index contributed by atoms with van der Waals surface area (Å²) in [6.45, 7) is 1.68. The third-order valence-corrected chi connectivity index (χ3v) is 5.17. The molecule has 2 rings (SSSR count). The van der Waals surface area contributed by atoms with Crippen molar-refractivity contribution in [2.24, 2.45) is 0 Å². The van der Waals surface area contributed by atoms with Crippen LogP contribution < -0.4 is 11.2 Å². The summed E-state index contributed by atoms with van der Waals surface area (Å²) < 4.78 is 24.2. The third kappa shape index (κ3) is 2.58. The van der Waals surface area contributed by atoms with Crippen molar-refractivity contribution in [3.8, 4) is 5.88 Å². The molecule has 0 spiro atoms. The second kappa shape index (κ2) is 4.84. The lowest BCUT2D eigenvalue weighted by atomic mass is 10.1. The van der Waals surface area contributed by atoms with Gasteiger partial charge in [-0.1, -0.05) is 6.92 Å². The highest BCUT2D eigenvalue weighted by atomic mass is 32.2. The van der Waals surface area contributed by atoms with E-state index in [1.807, 2.05) is 0 Å². The van der Waals surface area contributed by atoms with Gasteiger partial charge in [0.2, 0.25) is 5.88 Å². The highest BCUT2D eigenvalue weighted by Gasteiger charge is 2.29. The zero-order valence-electron chi connectivity index (χ0n) is 10.5. The van der Waals surface area contributed by atoms with Crippen LogP contribution in [0, 0.1) is 0 Å². The molecule has 1 fully saturated rings. The van der Waals surface area contributed by atoms with Gasteiger partial charge in [-0.2, -0.15) is 0 Å². The highest BCUT2D eigenvalue weighted by molar-refractivity contribution is 7.91. The van der Waals surface area contributed by atoms with Crippen LogP contribution in [0.25, 0.3) is 0 Å². The zero-order valence-corrected chi connectivity index (χ0v) is 11.4. The van der Waals surface area contributed by atoms with Crippen molar-refractivity contribution in [1.29, 1.82) is 0 Å². The number of aromatic nitrogens is 2. The number of H-pyrrole nitrogens is 1. The normalized spacial score (nSPS) is 22.3. The standard InChI is InChI=1S/C11H16N2O5S/c1-2-8-9(14)12-11(16)13(10(8)15)7-4-3-5-19(17,18)6-7/h7,15H,2-6H2,1H3,(H,12,14,16). The predicted octanol–water partition coefficient (Wildman–Crippen LogP) is -0.446. The fourth-order valence-electron chi connectivity index (χ4n) is 2.44. The maximum Gasteiger partial charge on any atom is 0.331 e. The van der Waals surface area contributed by atoms with Crippen molar-refractivity contribution in [3.05, 3.63) is 26.4 Å². The van der Waals surface area contributed by atoms with Gasteiger partial charge in [0.05, 0.1) is 23.1 Å². The van der Waals surface area contributed by atoms with E-state index >= 15 is 0 Å². The first kappa shape index (κ1) is 13.9. The molecule has 0 bridgehead atoms. The molecule has 0 aliphatic carbocycles. The lowest BCUT2D eigenvalue weighted by Crippen LogP contribution is -2.38. The summed E-state index contributed by atoms with van der Waals surface area (Å²) in [5.41, 5.74) is -1.29. The smallest absolute Gasteiger partial charge is 0.331 e. The predicted molar refractivity (Wildman–Crippen MR) is 69.3 cm³/mol. The van der Waals surface area contributed by atoms with Crippen LogP contribution in [-0.4, -0.2) is 34.6 Å². The van der Waals surface area contributed by atoms with Crippen molar-refractivity contribution < 1.29 is 13.5 Å².